The van der Waals surface area contributed by atoms with E-state index in [4.69, 9.17) is 4.42 Å². The van der Waals surface area contributed by atoms with Gasteiger partial charge in [-0.05, 0) is 31.5 Å². The number of benzene rings is 1. The zero-order valence-corrected chi connectivity index (χ0v) is 13.9. The summed E-state index contributed by atoms with van der Waals surface area (Å²) in [5.74, 6) is -0.245. The van der Waals surface area contributed by atoms with E-state index in [2.05, 4.69) is 10.3 Å². The highest BCUT2D eigenvalue weighted by Crippen LogP contribution is 2.20. The highest BCUT2D eigenvalue weighted by molar-refractivity contribution is 7.85. The molecule has 1 heterocycles. The molecule has 1 aromatic heterocycles. The van der Waals surface area contributed by atoms with Gasteiger partial charge < -0.3 is 9.73 Å². The van der Waals surface area contributed by atoms with E-state index in [-0.39, 0.29) is 23.4 Å². The normalized spacial score (nSPS) is 13.5. The van der Waals surface area contributed by atoms with Crippen LogP contribution in [0.5, 0.6) is 0 Å². The fraction of sp³-hybridized carbons (Fsp3) is 0.375. The average Bonchev–Trinajstić information content (AvgIpc) is 3.00. The second-order valence-electron chi connectivity index (χ2n) is 5.11. The molecular weight excluding hydrogens is 319 g/mol. The largest absolute Gasteiger partial charge is 0.444 e. The van der Waals surface area contributed by atoms with Crippen LogP contribution in [-0.4, -0.2) is 26.9 Å². The van der Waals surface area contributed by atoms with Crippen molar-refractivity contribution in [2.24, 2.45) is 0 Å². The summed E-state index contributed by atoms with van der Waals surface area (Å²) in [6, 6.07) is 5.88. The molecule has 0 fully saturated rings. The van der Waals surface area contributed by atoms with Gasteiger partial charge >= 0.3 is 0 Å². The third-order valence-electron chi connectivity index (χ3n) is 3.23. The van der Waals surface area contributed by atoms with Crippen LogP contribution in [0.3, 0.4) is 0 Å². The lowest BCUT2D eigenvalue weighted by molar-refractivity contribution is -0.120. The average molecular weight is 338 g/mol. The Kier molecular flexibility index (Phi) is 6.04. The van der Waals surface area contributed by atoms with Crippen LogP contribution in [0.4, 0.5) is 4.39 Å². The predicted octanol–water partition coefficient (Wildman–Crippen LogP) is 2.64. The second kappa shape index (κ2) is 8.01. The summed E-state index contributed by atoms with van der Waals surface area (Å²) in [5.41, 5.74) is 0.980. The first-order valence-corrected chi connectivity index (χ1v) is 8.74. The van der Waals surface area contributed by atoms with Gasteiger partial charge in [0.15, 0.2) is 0 Å². The second-order valence-corrected chi connectivity index (χ2v) is 6.87. The molecule has 5 nitrogen and oxygen atoms in total. The van der Waals surface area contributed by atoms with Crippen LogP contribution in [0.1, 0.15) is 26.0 Å². The number of nitrogens with zero attached hydrogens (tertiary/aromatic N) is 1. The van der Waals surface area contributed by atoms with E-state index < -0.39 is 16.0 Å². The predicted molar refractivity (Wildman–Crippen MR) is 86.5 cm³/mol. The number of aromatic nitrogens is 1. The van der Waals surface area contributed by atoms with Gasteiger partial charge in [-0.3, -0.25) is 9.00 Å². The van der Waals surface area contributed by atoms with Crippen molar-refractivity contribution >= 4 is 16.7 Å². The highest BCUT2D eigenvalue weighted by Gasteiger charge is 2.21. The number of carbonyl (C=O) groups excluding carboxylic acids is 1. The number of rotatable bonds is 7. The number of oxazole rings is 1. The van der Waals surface area contributed by atoms with Crippen LogP contribution in [0.25, 0.3) is 11.5 Å². The lowest BCUT2D eigenvalue weighted by atomic mass is 10.2. The van der Waals surface area contributed by atoms with Gasteiger partial charge in [0.25, 0.3) is 0 Å². The summed E-state index contributed by atoms with van der Waals surface area (Å²) in [6.45, 7) is 4.13. The number of nitrogens with one attached hydrogen (secondary N) is 1. The summed E-state index contributed by atoms with van der Waals surface area (Å²) in [4.78, 5) is 16.0. The monoisotopic (exact) mass is 338 g/mol. The molecule has 1 N–H and O–H groups in total. The Morgan fingerprint density at radius 1 is 1.48 bits per heavy atom. The van der Waals surface area contributed by atoms with Crippen molar-refractivity contribution in [3.8, 4) is 11.5 Å². The van der Waals surface area contributed by atoms with Crippen molar-refractivity contribution in [2.75, 3.05) is 6.54 Å². The summed E-state index contributed by atoms with van der Waals surface area (Å²) in [5, 5.41) is 2.09. The van der Waals surface area contributed by atoms with Crippen molar-refractivity contribution in [1.82, 2.24) is 10.3 Å². The zero-order chi connectivity index (χ0) is 16.8. The Bertz CT molecular complexity index is 702. The maximum Gasteiger partial charge on any atom is 0.235 e. The van der Waals surface area contributed by atoms with E-state index >= 15 is 0 Å². The van der Waals surface area contributed by atoms with Crippen LogP contribution in [-0.2, 0) is 21.3 Å². The smallest absolute Gasteiger partial charge is 0.235 e. The Morgan fingerprint density at radius 2 is 2.26 bits per heavy atom. The molecule has 2 aromatic rings. The summed E-state index contributed by atoms with van der Waals surface area (Å²) in [6.07, 6.45) is 2.21. The van der Waals surface area contributed by atoms with E-state index in [1.54, 1.807) is 19.1 Å². The quantitative estimate of drug-likeness (QED) is 0.842. The van der Waals surface area contributed by atoms with Gasteiger partial charge in [-0.25, -0.2) is 9.37 Å². The number of halogens is 1. The van der Waals surface area contributed by atoms with Crippen LogP contribution in [0.2, 0.25) is 0 Å². The van der Waals surface area contributed by atoms with E-state index in [1.807, 2.05) is 6.92 Å². The van der Waals surface area contributed by atoms with Gasteiger partial charge in [0, 0.05) is 22.9 Å². The van der Waals surface area contributed by atoms with E-state index in [0.29, 0.717) is 17.8 Å². The van der Waals surface area contributed by atoms with Gasteiger partial charge in [-0.2, -0.15) is 0 Å². The van der Waals surface area contributed by atoms with Crippen molar-refractivity contribution < 1.29 is 17.8 Å². The van der Waals surface area contributed by atoms with Gasteiger partial charge in [-0.1, -0.05) is 13.0 Å². The molecule has 2 rings (SSSR count). The number of hydrogen-bond acceptors (Lipinski definition) is 4. The minimum absolute atomic E-state index is 0.111. The van der Waals surface area contributed by atoms with Gasteiger partial charge in [0.05, 0.1) is 11.4 Å². The molecule has 124 valence electrons. The molecule has 0 saturated carbocycles. The molecule has 0 saturated heterocycles. The summed E-state index contributed by atoms with van der Waals surface area (Å²) < 4.78 is 30.7. The molecule has 1 amide bonds. The van der Waals surface area contributed by atoms with E-state index in [9.17, 15) is 13.4 Å². The molecular formula is C16H19FN2O3S. The van der Waals surface area contributed by atoms with E-state index in [1.165, 1.54) is 18.4 Å². The molecule has 0 aliphatic carbocycles. The topological polar surface area (TPSA) is 72.2 Å². The van der Waals surface area contributed by atoms with Crippen molar-refractivity contribution in [1.29, 1.82) is 0 Å². The van der Waals surface area contributed by atoms with Crippen LogP contribution < -0.4 is 5.32 Å². The molecule has 0 bridgehead atoms. The lowest BCUT2D eigenvalue weighted by Crippen LogP contribution is -2.36. The lowest BCUT2D eigenvalue weighted by Gasteiger charge is -2.10. The number of carbonyl (C=O) groups is 1. The highest BCUT2D eigenvalue weighted by atomic mass is 32.2. The Balaban J connectivity index is 2.01. The maximum atomic E-state index is 13.2. The summed E-state index contributed by atoms with van der Waals surface area (Å²) >= 11 is 0. The minimum atomic E-state index is -1.41. The maximum absolute atomic E-state index is 13.2. The first kappa shape index (κ1) is 17.3. The molecule has 0 spiro atoms. The van der Waals surface area contributed by atoms with Crippen LogP contribution in [0, 0.1) is 5.82 Å². The molecule has 0 aliphatic heterocycles. The van der Waals surface area contributed by atoms with Gasteiger partial charge in [-0.15, -0.1) is 0 Å². The SMILES string of the molecule is CCCNC(=O)[C@H](C)[S@](=O)Cc1coc(-c2cccc(F)c2)n1. The molecule has 0 unspecified atom stereocenters. The first-order valence-electron chi connectivity index (χ1n) is 7.36. The Labute approximate surface area is 136 Å². The number of hydrogen-bond donors (Lipinski definition) is 1. The molecule has 7 heteroatoms. The van der Waals surface area contributed by atoms with Crippen LogP contribution >= 0.6 is 0 Å². The molecule has 23 heavy (non-hydrogen) atoms. The zero-order valence-electron chi connectivity index (χ0n) is 13.0. The Hall–Kier alpha value is -2.02. The molecule has 2 atom stereocenters. The third-order valence-corrected chi connectivity index (χ3v) is 4.81. The van der Waals surface area contributed by atoms with Gasteiger partial charge in [0.1, 0.15) is 17.3 Å². The molecule has 0 radical (unpaired) electrons. The summed E-state index contributed by atoms with van der Waals surface area (Å²) in [7, 11) is -1.41. The Morgan fingerprint density at radius 3 is 2.96 bits per heavy atom. The van der Waals surface area contributed by atoms with Crippen molar-refractivity contribution in [3.05, 3.63) is 42.0 Å². The van der Waals surface area contributed by atoms with Crippen molar-refractivity contribution in [2.45, 2.75) is 31.3 Å². The standard InChI is InChI=1S/C16H19FN2O3S/c1-3-7-18-15(20)11(2)23(21)10-14-9-22-16(19-14)12-5-4-6-13(17)8-12/h4-6,8-9,11H,3,7,10H2,1-2H3,(H,18,20)/t11-,23+/m0/s1. The fourth-order valence-corrected chi connectivity index (χ4v) is 2.91. The van der Waals surface area contributed by atoms with E-state index in [0.717, 1.165) is 6.42 Å². The number of amides is 1. The first-order chi connectivity index (χ1) is 11.0. The molecule has 1 aromatic carbocycles. The minimum Gasteiger partial charge on any atom is -0.444 e. The van der Waals surface area contributed by atoms with Crippen LogP contribution in [0.15, 0.2) is 34.9 Å². The molecule has 0 aliphatic rings. The van der Waals surface area contributed by atoms with Crippen molar-refractivity contribution in [3.63, 3.8) is 0 Å². The van der Waals surface area contributed by atoms with Gasteiger partial charge in [0.2, 0.25) is 11.8 Å². The third kappa shape index (κ3) is 4.72. The fourth-order valence-electron chi connectivity index (χ4n) is 1.91.